The van der Waals surface area contributed by atoms with E-state index in [2.05, 4.69) is 14.6 Å². The standard InChI is InChI=1S/C26H26N4O3S/c1-30(24-14-5-6-16-33-24)26-25-21(19-9-3-2-4-10-19)12-7-13-22(25)23(18-28-26)29-34(31,32)20-11-8-15-27-17-20/h2-4,7-13,15,17-18,24,29H,5-6,14,16H2,1H3. The molecule has 0 aliphatic carbocycles. The molecule has 7 nitrogen and oxygen atoms in total. The third-order valence-corrected chi connectivity index (χ3v) is 7.44. The molecule has 0 saturated carbocycles. The Bertz CT molecular complexity index is 1390. The van der Waals surface area contributed by atoms with Gasteiger partial charge in [0.1, 0.15) is 16.9 Å². The molecule has 1 N–H and O–H groups in total. The van der Waals surface area contributed by atoms with E-state index in [-0.39, 0.29) is 11.1 Å². The van der Waals surface area contributed by atoms with Crippen LogP contribution in [0.3, 0.4) is 0 Å². The zero-order valence-corrected chi connectivity index (χ0v) is 19.7. The quantitative estimate of drug-likeness (QED) is 0.420. The van der Waals surface area contributed by atoms with E-state index in [0.717, 1.165) is 53.6 Å². The number of rotatable bonds is 6. The highest BCUT2D eigenvalue weighted by Crippen LogP contribution is 2.39. The minimum absolute atomic E-state index is 0.0776. The van der Waals surface area contributed by atoms with E-state index in [1.807, 2.05) is 55.6 Å². The lowest BCUT2D eigenvalue weighted by Crippen LogP contribution is -2.37. The van der Waals surface area contributed by atoms with Gasteiger partial charge in [-0.05, 0) is 42.5 Å². The van der Waals surface area contributed by atoms with Gasteiger partial charge in [0.2, 0.25) is 0 Å². The molecule has 174 valence electrons. The molecule has 8 heteroatoms. The van der Waals surface area contributed by atoms with Gasteiger partial charge in [0.25, 0.3) is 10.0 Å². The Hall–Kier alpha value is -3.49. The number of aromatic nitrogens is 2. The van der Waals surface area contributed by atoms with Crippen LogP contribution in [-0.2, 0) is 14.8 Å². The van der Waals surface area contributed by atoms with E-state index in [1.54, 1.807) is 18.5 Å². The molecule has 0 amide bonds. The Kier molecular flexibility index (Phi) is 6.17. The smallest absolute Gasteiger partial charge is 0.263 e. The van der Waals surface area contributed by atoms with E-state index in [1.165, 1.54) is 12.3 Å². The van der Waals surface area contributed by atoms with Crippen molar-refractivity contribution in [2.45, 2.75) is 30.4 Å². The van der Waals surface area contributed by atoms with Crippen molar-refractivity contribution in [3.63, 3.8) is 0 Å². The fourth-order valence-electron chi connectivity index (χ4n) is 4.36. The first-order valence-electron chi connectivity index (χ1n) is 11.3. The average Bonchev–Trinajstić information content (AvgIpc) is 2.89. The molecule has 4 aromatic rings. The first kappa shape index (κ1) is 22.3. The monoisotopic (exact) mass is 474 g/mol. The van der Waals surface area contributed by atoms with Crippen molar-refractivity contribution in [3.8, 4) is 11.1 Å². The second kappa shape index (κ2) is 9.40. The summed E-state index contributed by atoms with van der Waals surface area (Å²) in [5.74, 6) is 0.755. The zero-order valence-electron chi connectivity index (χ0n) is 18.9. The molecule has 1 saturated heterocycles. The molecule has 34 heavy (non-hydrogen) atoms. The number of fused-ring (bicyclic) bond motifs is 1. The van der Waals surface area contributed by atoms with Crippen molar-refractivity contribution in [1.29, 1.82) is 0 Å². The lowest BCUT2D eigenvalue weighted by molar-refractivity contribution is 0.0171. The molecule has 2 aromatic carbocycles. The Labute approximate surface area is 199 Å². The average molecular weight is 475 g/mol. The summed E-state index contributed by atoms with van der Waals surface area (Å²) in [7, 11) is -1.84. The Morgan fingerprint density at radius 1 is 1.00 bits per heavy atom. The first-order chi connectivity index (χ1) is 16.5. The van der Waals surface area contributed by atoms with Gasteiger partial charge in [0, 0.05) is 36.8 Å². The van der Waals surface area contributed by atoms with E-state index in [9.17, 15) is 8.42 Å². The number of hydrogen-bond donors (Lipinski definition) is 1. The number of hydrogen-bond acceptors (Lipinski definition) is 6. The molecule has 1 aliphatic heterocycles. The van der Waals surface area contributed by atoms with Crippen LogP contribution >= 0.6 is 0 Å². The third kappa shape index (κ3) is 4.34. The van der Waals surface area contributed by atoms with Gasteiger partial charge in [-0.2, -0.15) is 0 Å². The second-order valence-corrected chi connectivity index (χ2v) is 10.00. The summed E-state index contributed by atoms with van der Waals surface area (Å²) in [5.41, 5.74) is 2.42. The Morgan fingerprint density at radius 3 is 2.59 bits per heavy atom. The van der Waals surface area contributed by atoms with Crippen molar-refractivity contribution >= 4 is 32.3 Å². The number of benzene rings is 2. The van der Waals surface area contributed by atoms with Crippen molar-refractivity contribution in [3.05, 3.63) is 79.3 Å². The van der Waals surface area contributed by atoms with Gasteiger partial charge in [-0.25, -0.2) is 13.4 Å². The number of nitrogens with zero attached hydrogens (tertiary/aromatic N) is 3. The van der Waals surface area contributed by atoms with Gasteiger partial charge in [-0.15, -0.1) is 0 Å². The summed E-state index contributed by atoms with van der Waals surface area (Å²) < 4.78 is 34.9. The maximum absolute atomic E-state index is 13.1. The van der Waals surface area contributed by atoms with E-state index in [4.69, 9.17) is 9.72 Å². The maximum Gasteiger partial charge on any atom is 0.263 e. The molecule has 1 unspecified atom stereocenters. The molecule has 5 rings (SSSR count). The highest BCUT2D eigenvalue weighted by atomic mass is 32.2. The Balaban J connectivity index is 1.67. The number of nitrogens with one attached hydrogen (secondary N) is 1. The van der Waals surface area contributed by atoms with Gasteiger partial charge in [-0.3, -0.25) is 9.71 Å². The number of pyridine rings is 2. The Morgan fingerprint density at radius 2 is 1.85 bits per heavy atom. The van der Waals surface area contributed by atoms with Crippen LogP contribution in [0.4, 0.5) is 11.5 Å². The van der Waals surface area contributed by atoms with Crippen LogP contribution in [0.25, 0.3) is 21.9 Å². The largest absolute Gasteiger partial charge is 0.358 e. The first-order valence-corrected chi connectivity index (χ1v) is 12.8. The SMILES string of the molecule is CN(c1ncc(NS(=O)(=O)c2cccnc2)c2cccc(-c3ccccc3)c12)C1CCCCO1. The number of ether oxygens (including phenoxy) is 1. The number of sulfonamides is 1. The molecular weight excluding hydrogens is 448 g/mol. The highest BCUT2D eigenvalue weighted by molar-refractivity contribution is 7.92. The predicted molar refractivity (Wildman–Crippen MR) is 134 cm³/mol. The number of anilines is 2. The van der Waals surface area contributed by atoms with Crippen LogP contribution in [0.5, 0.6) is 0 Å². The van der Waals surface area contributed by atoms with E-state index < -0.39 is 10.0 Å². The minimum Gasteiger partial charge on any atom is -0.358 e. The van der Waals surface area contributed by atoms with Crippen LogP contribution < -0.4 is 9.62 Å². The van der Waals surface area contributed by atoms with Crippen LogP contribution in [-0.4, -0.2) is 38.3 Å². The summed E-state index contributed by atoms with van der Waals surface area (Å²) in [5, 5.41) is 1.64. The fraction of sp³-hybridized carbons (Fsp3) is 0.231. The van der Waals surface area contributed by atoms with Gasteiger partial charge in [0.15, 0.2) is 0 Å². The van der Waals surface area contributed by atoms with Gasteiger partial charge in [0.05, 0.1) is 11.9 Å². The highest BCUT2D eigenvalue weighted by Gasteiger charge is 2.25. The van der Waals surface area contributed by atoms with Gasteiger partial charge >= 0.3 is 0 Å². The zero-order chi connectivity index (χ0) is 23.5. The molecule has 0 radical (unpaired) electrons. The van der Waals surface area contributed by atoms with Crippen LogP contribution in [0.1, 0.15) is 19.3 Å². The summed E-state index contributed by atoms with van der Waals surface area (Å²) in [6, 6.07) is 19.1. The second-order valence-electron chi connectivity index (χ2n) is 8.32. The van der Waals surface area contributed by atoms with Crippen molar-refractivity contribution in [1.82, 2.24) is 9.97 Å². The molecule has 0 spiro atoms. The van der Waals surface area contributed by atoms with E-state index in [0.29, 0.717) is 5.69 Å². The van der Waals surface area contributed by atoms with Crippen molar-refractivity contribution in [2.75, 3.05) is 23.3 Å². The van der Waals surface area contributed by atoms with E-state index >= 15 is 0 Å². The minimum atomic E-state index is -3.83. The van der Waals surface area contributed by atoms with Gasteiger partial charge < -0.3 is 9.64 Å². The molecule has 2 aromatic heterocycles. The summed E-state index contributed by atoms with van der Waals surface area (Å²) in [4.78, 5) is 10.9. The molecular formula is C26H26N4O3S. The summed E-state index contributed by atoms with van der Waals surface area (Å²) in [6.45, 7) is 0.724. The van der Waals surface area contributed by atoms with Gasteiger partial charge in [-0.1, -0.05) is 48.5 Å². The maximum atomic E-state index is 13.1. The third-order valence-electron chi connectivity index (χ3n) is 6.09. The van der Waals surface area contributed by atoms with Crippen LogP contribution in [0, 0.1) is 0 Å². The predicted octanol–water partition coefficient (Wildman–Crippen LogP) is 5.06. The van der Waals surface area contributed by atoms with Crippen LogP contribution in [0.2, 0.25) is 0 Å². The molecule has 3 heterocycles. The van der Waals surface area contributed by atoms with Crippen molar-refractivity contribution in [2.24, 2.45) is 0 Å². The fourth-order valence-corrected chi connectivity index (χ4v) is 5.39. The topological polar surface area (TPSA) is 84.4 Å². The summed E-state index contributed by atoms with van der Waals surface area (Å²) >= 11 is 0. The van der Waals surface area contributed by atoms with Crippen molar-refractivity contribution < 1.29 is 13.2 Å². The summed E-state index contributed by atoms with van der Waals surface area (Å²) in [6.07, 6.45) is 7.45. The molecule has 1 aliphatic rings. The molecule has 1 atom stereocenters. The normalized spacial score (nSPS) is 16.3. The molecule has 0 bridgehead atoms. The van der Waals surface area contributed by atoms with Crippen LogP contribution in [0.15, 0.2) is 84.1 Å². The lowest BCUT2D eigenvalue weighted by Gasteiger charge is -2.33. The lowest BCUT2D eigenvalue weighted by atomic mass is 9.98. The molecule has 1 fully saturated rings.